The number of ether oxygens (including phenoxy) is 1. The molecular formula is C22H23ClF3N3O2. The van der Waals surface area contributed by atoms with Gasteiger partial charge in [0.25, 0.3) is 0 Å². The van der Waals surface area contributed by atoms with E-state index in [4.69, 9.17) is 26.4 Å². The molecule has 2 aromatic carbocycles. The van der Waals surface area contributed by atoms with Gasteiger partial charge in [0.2, 0.25) is 0 Å². The summed E-state index contributed by atoms with van der Waals surface area (Å²) in [4.78, 5) is 7.56. The van der Waals surface area contributed by atoms with Crippen LogP contribution in [0.2, 0.25) is 5.02 Å². The molecule has 0 N–H and O–H groups in total. The van der Waals surface area contributed by atoms with Crippen molar-refractivity contribution in [3.63, 3.8) is 0 Å². The number of hydroxylamine groups is 2. The number of halogens is 4. The Kier molecular flexibility index (Phi) is 7.79. The lowest BCUT2D eigenvalue weighted by atomic mass is 10.0. The van der Waals surface area contributed by atoms with Gasteiger partial charge in [-0.15, -0.1) is 0 Å². The van der Waals surface area contributed by atoms with Gasteiger partial charge in [0.05, 0.1) is 29.4 Å². The number of hydrogen-bond donors (Lipinski definition) is 0. The van der Waals surface area contributed by atoms with E-state index in [2.05, 4.69) is 0 Å². The molecule has 0 bridgehead atoms. The molecule has 0 amide bonds. The lowest BCUT2D eigenvalue weighted by Crippen LogP contribution is -2.49. The van der Waals surface area contributed by atoms with Crippen LogP contribution in [0, 0.1) is 11.3 Å². The van der Waals surface area contributed by atoms with Crippen molar-refractivity contribution in [2.24, 2.45) is 0 Å². The smallest absolute Gasteiger partial charge is 0.383 e. The minimum atomic E-state index is -4.45. The Morgan fingerprint density at radius 3 is 2.74 bits per heavy atom. The minimum Gasteiger partial charge on any atom is -0.383 e. The summed E-state index contributed by atoms with van der Waals surface area (Å²) in [5.41, 5.74) is 0.475. The van der Waals surface area contributed by atoms with Gasteiger partial charge >= 0.3 is 6.18 Å². The number of methoxy groups -OCH3 is 1. The van der Waals surface area contributed by atoms with E-state index < -0.39 is 11.7 Å². The fourth-order valence-corrected chi connectivity index (χ4v) is 3.84. The van der Waals surface area contributed by atoms with Gasteiger partial charge in [0.15, 0.2) is 0 Å². The van der Waals surface area contributed by atoms with Gasteiger partial charge in [-0.1, -0.05) is 29.8 Å². The molecule has 1 aliphatic heterocycles. The first kappa shape index (κ1) is 23.4. The van der Waals surface area contributed by atoms with E-state index in [1.807, 2.05) is 11.0 Å². The minimum absolute atomic E-state index is 0.0424. The maximum Gasteiger partial charge on any atom is 0.416 e. The molecule has 166 valence electrons. The van der Waals surface area contributed by atoms with Crippen LogP contribution in [0.5, 0.6) is 0 Å². The van der Waals surface area contributed by atoms with E-state index in [-0.39, 0.29) is 23.2 Å². The predicted molar refractivity (Wildman–Crippen MR) is 112 cm³/mol. The lowest BCUT2D eigenvalue weighted by molar-refractivity contribution is -0.190. The van der Waals surface area contributed by atoms with Gasteiger partial charge < -0.3 is 9.64 Å². The third-order valence-corrected chi connectivity index (χ3v) is 5.51. The van der Waals surface area contributed by atoms with Crippen LogP contribution in [-0.4, -0.2) is 44.5 Å². The molecule has 0 aromatic heterocycles. The zero-order chi connectivity index (χ0) is 22.4. The summed E-state index contributed by atoms with van der Waals surface area (Å²) in [6, 6.07) is 12.4. The first-order valence-corrected chi connectivity index (χ1v) is 10.2. The van der Waals surface area contributed by atoms with Crippen molar-refractivity contribution < 1.29 is 22.7 Å². The summed E-state index contributed by atoms with van der Waals surface area (Å²) in [5.74, 6) is 0. The number of rotatable bonds is 7. The van der Waals surface area contributed by atoms with E-state index in [1.54, 1.807) is 36.4 Å². The highest BCUT2D eigenvalue weighted by Crippen LogP contribution is 2.35. The fraction of sp³-hybridized carbons (Fsp3) is 0.409. The maximum absolute atomic E-state index is 13.6. The summed E-state index contributed by atoms with van der Waals surface area (Å²) in [7, 11) is 1.60. The van der Waals surface area contributed by atoms with Crippen molar-refractivity contribution in [3.05, 3.63) is 64.2 Å². The normalized spacial score (nSPS) is 17.4. The summed E-state index contributed by atoms with van der Waals surface area (Å²) in [5, 5.41) is 11.2. The average Bonchev–Trinajstić information content (AvgIpc) is 2.76. The van der Waals surface area contributed by atoms with Crippen LogP contribution in [0.25, 0.3) is 0 Å². The summed E-state index contributed by atoms with van der Waals surface area (Å²) >= 11 is 6.24. The lowest BCUT2D eigenvalue weighted by Gasteiger charge is -2.40. The molecule has 0 saturated carbocycles. The number of nitrogens with zero attached hydrogens (tertiary/aromatic N) is 3. The second-order valence-electron chi connectivity index (χ2n) is 7.22. The summed E-state index contributed by atoms with van der Waals surface area (Å²) in [6.45, 7) is 2.01. The topological polar surface area (TPSA) is 48.7 Å². The van der Waals surface area contributed by atoms with Gasteiger partial charge in [-0.3, -0.25) is 4.84 Å². The molecule has 0 spiro atoms. The second kappa shape index (κ2) is 10.3. The molecule has 1 aliphatic rings. The molecule has 1 saturated heterocycles. The molecule has 0 radical (unpaired) electrons. The van der Waals surface area contributed by atoms with Crippen molar-refractivity contribution >= 4 is 17.3 Å². The fourth-order valence-electron chi connectivity index (χ4n) is 3.62. The number of hydrogen-bond acceptors (Lipinski definition) is 5. The monoisotopic (exact) mass is 453 g/mol. The van der Waals surface area contributed by atoms with Gasteiger partial charge in [-0.2, -0.15) is 23.5 Å². The van der Waals surface area contributed by atoms with Crippen LogP contribution in [0.3, 0.4) is 0 Å². The van der Waals surface area contributed by atoms with E-state index in [1.165, 1.54) is 12.1 Å². The SMILES string of the molecule is COCCN1C[C@@H](N(Cc2ccccc2C(F)(F)F)c2ccc(C#N)c(Cl)c2)CCO1. The Hall–Kier alpha value is -2.31. The Labute approximate surface area is 184 Å². The standard InChI is InChI=1S/C22H23ClF3N3O2/c1-30-11-9-28-15-19(8-10-31-28)29(18-7-6-16(13-27)21(23)12-18)14-17-4-2-3-5-20(17)22(24,25)26/h2-7,12,19H,8-11,14-15H2,1H3/t19-/m0/s1. The zero-order valence-electron chi connectivity index (χ0n) is 17.0. The number of benzene rings is 2. The van der Waals surface area contributed by atoms with Crippen molar-refractivity contribution in [1.82, 2.24) is 5.06 Å². The predicted octanol–water partition coefficient (Wildman–Crippen LogP) is 4.89. The first-order valence-electron chi connectivity index (χ1n) is 9.81. The molecule has 0 unspecified atom stereocenters. The van der Waals surface area contributed by atoms with E-state index >= 15 is 0 Å². The third-order valence-electron chi connectivity index (χ3n) is 5.19. The molecular weight excluding hydrogens is 431 g/mol. The third kappa shape index (κ3) is 5.89. The molecule has 0 aliphatic carbocycles. The summed E-state index contributed by atoms with van der Waals surface area (Å²) < 4.78 is 45.9. The first-order chi connectivity index (χ1) is 14.8. The quantitative estimate of drug-likeness (QED) is 0.597. The van der Waals surface area contributed by atoms with Crippen molar-refractivity contribution in [2.45, 2.75) is 25.2 Å². The Bertz CT molecular complexity index is 933. The van der Waals surface area contributed by atoms with Crippen LogP contribution < -0.4 is 4.90 Å². The molecule has 31 heavy (non-hydrogen) atoms. The second-order valence-corrected chi connectivity index (χ2v) is 7.62. The van der Waals surface area contributed by atoms with Crippen molar-refractivity contribution in [1.29, 1.82) is 5.26 Å². The molecule has 9 heteroatoms. The average molecular weight is 454 g/mol. The van der Waals surface area contributed by atoms with Gasteiger partial charge in [0, 0.05) is 38.5 Å². The number of nitriles is 1. The van der Waals surface area contributed by atoms with E-state index in [9.17, 15) is 13.2 Å². The van der Waals surface area contributed by atoms with E-state index in [0.717, 1.165) is 6.07 Å². The highest BCUT2D eigenvalue weighted by Gasteiger charge is 2.34. The molecule has 1 heterocycles. The van der Waals surface area contributed by atoms with Gasteiger partial charge in [0.1, 0.15) is 6.07 Å². The number of anilines is 1. The van der Waals surface area contributed by atoms with Crippen molar-refractivity contribution in [3.8, 4) is 6.07 Å². The maximum atomic E-state index is 13.6. The van der Waals surface area contributed by atoms with Gasteiger partial charge in [-0.05, 0) is 36.2 Å². The van der Waals surface area contributed by atoms with Crippen LogP contribution >= 0.6 is 11.6 Å². The van der Waals surface area contributed by atoms with Crippen LogP contribution in [0.15, 0.2) is 42.5 Å². The highest BCUT2D eigenvalue weighted by molar-refractivity contribution is 6.32. The Morgan fingerprint density at radius 1 is 1.29 bits per heavy atom. The molecule has 5 nitrogen and oxygen atoms in total. The molecule has 1 fully saturated rings. The number of alkyl halides is 3. The van der Waals surface area contributed by atoms with Crippen LogP contribution in [0.1, 0.15) is 23.1 Å². The van der Waals surface area contributed by atoms with Gasteiger partial charge in [-0.25, -0.2) is 0 Å². The Balaban J connectivity index is 1.96. The summed E-state index contributed by atoms with van der Waals surface area (Å²) in [6.07, 6.45) is -3.82. The molecule has 1 atom stereocenters. The zero-order valence-corrected chi connectivity index (χ0v) is 17.8. The van der Waals surface area contributed by atoms with Crippen LogP contribution in [0.4, 0.5) is 18.9 Å². The highest BCUT2D eigenvalue weighted by atomic mass is 35.5. The Morgan fingerprint density at radius 2 is 2.06 bits per heavy atom. The van der Waals surface area contributed by atoms with Crippen molar-refractivity contribution in [2.75, 3.05) is 38.3 Å². The largest absolute Gasteiger partial charge is 0.416 e. The van der Waals surface area contributed by atoms with Crippen LogP contribution in [-0.2, 0) is 22.3 Å². The molecule has 3 rings (SSSR count). The van der Waals surface area contributed by atoms with E-state index in [0.29, 0.717) is 44.0 Å². The molecule has 2 aromatic rings.